The van der Waals surface area contributed by atoms with Crippen LogP contribution in [0, 0.1) is 11.8 Å². The van der Waals surface area contributed by atoms with Crippen molar-refractivity contribution in [2.45, 2.75) is 96.7 Å². The smallest absolute Gasteiger partial charge is 0.242 e. The Morgan fingerprint density at radius 3 is 2.54 bits per heavy atom. The molecule has 0 bridgehead atoms. The van der Waals surface area contributed by atoms with E-state index < -0.39 is 0 Å². The number of rotatable bonds is 7. The molecule has 1 heterocycles. The predicted octanol–water partition coefficient (Wildman–Crippen LogP) is 3.09. The minimum Gasteiger partial charge on any atom is -0.357 e. The average molecular weight is 366 g/mol. The SMILES string of the molecule is CCCC1CCCC(C(NC(=O)C2CCCCN2C(C)C)C(=O)NC)C1. The van der Waals surface area contributed by atoms with Crippen LogP contribution in [0.3, 0.4) is 0 Å². The average Bonchev–Trinajstić information content (AvgIpc) is 2.65. The van der Waals surface area contributed by atoms with Crippen LogP contribution in [-0.4, -0.2) is 48.4 Å². The third-order valence-electron chi connectivity index (χ3n) is 6.33. The molecule has 2 fully saturated rings. The lowest BCUT2D eigenvalue weighted by Gasteiger charge is -2.39. The van der Waals surface area contributed by atoms with Crippen molar-refractivity contribution in [1.29, 1.82) is 0 Å². The molecule has 2 rings (SSSR count). The Morgan fingerprint density at radius 2 is 1.88 bits per heavy atom. The van der Waals surface area contributed by atoms with Gasteiger partial charge in [-0.15, -0.1) is 0 Å². The van der Waals surface area contributed by atoms with Crippen LogP contribution in [0.15, 0.2) is 0 Å². The first-order chi connectivity index (χ1) is 12.5. The highest BCUT2D eigenvalue weighted by Gasteiger charge is 2.37. The Balaban J connectivity index is 2.06. The molecule has 2 aliphatic rings. The summed E-state index contributed by atoms with van der Waals surface area (Å²) in [5.74, 6) is 0.974. The van der Waals surface area contributed by atoms with Gasteiger partial charge in [0.2, 0.25) is 11.8 Å². The van der Waals surface area contributed by atoms with Gasteiger partial charge in [-0.25, -0.2) is 0 Å². The lowest BCUT2D eigenvalue weighted by Crippen LogP contribution is -2.58. The van der Waals surface area contributed by atoms with Gasteiger partial charge in [-0.2, -0.15) is 0 Å². The van der Waals surface area contributed by atoms with Gasteiger partial charge in [-0.05, 0) is 57.9 Å². The van der Waals surface area contributed by atoms with Crippen molar-refractivity contribution < 1.29 is 9.59 Å². The molecule has 1 aliphatic heterocycles. The number of nitrogens with zero attached hydrogens (tertiary/aromatic N) is 1. The number of hydrogen-bond donors (Lipinski definition) is 2. The van der Waals surface area contributed by atoms with Crippen LogP contribution in [0.25, 0.3) is 0 Å². The highest BCUT2D eigenvalue weighted by atomic mass is 16.2. The molecule has 0 radical (unpaired) electrons. The number of amides is 2. The summed E-state index contributed by atoms with van der Waals surface area (Å²) >= 11 is 0. The van der Waals surface area contributed by atoms with Gasteiger partial charge < -0.3 is 10.6 Å². The molecular formula is C21H39N3O2. The number of hydrogen-bond acceptors (Lipinski definition) is 3. The zero-order valence-electron chi connectivity index (χ0n) is 17.2. The third-order valence-corrected chi connectivity index (χ3v) is 6.33. The van der Waals surface area contributed by atoms with Crippen LogP contribution in [0.5, 0.6) is 0 Å². The van der Waals surface area contributed by atoms with Crippen molar-refractivity contribution in [3.8, 4) is 0 Å². The minimum absolute atomic E-state index is 0.0348. The topological polar surface area (TPSA) is 61.4 Å². The first-order valence-corrected chi connectivity index (χ1v) is 10.8. The first-order valence-electron chi connectivity index (χ1n) is 10.8. The largest absolute Gasteiger partial charge is 0.357 e. The van der Waals surface area contributed by atoms with Gasteiger partial charge in [0.25, 0.3) is 0 Å². The zero-order chi connectivity index (χ0) is 19.1. The molecular weight excluding hydrogens is 326 g/mol. The van der Waals surface area contributed by atoms with E-state index in [1.165, 1.54) is 25.7 Å². The van der Waals surface area contributed by atoms with Crippen LogP contribution in [0.4, 0.5) is 0 Å². The van der Waals surface area contributed by atoms with Gasteiger partial charge in [0.1, 0.15) is 6.04 Å². The Kier molecular flexibility index (Phi) is 8.39. The molecule has 1 saturated carbocycles. The standard InChI is InChI=1S/C21H39N3O2/c1-5-9-16-10-8-11-17(14-16)19(21(26)22-4)23-20(25)18-12-6-7-13-24(18)15(2)3/h15-19H,5-14H2,1-4H3,(H,22,26)(H,23,25). The van der Waals surface area contributed by atoms with Gasteiger partial charge in [0.15, 0.2) is 0 Å². The highest BCUT2D eigenvalue weighted by Crippen LogP contribution is 2.34. The molecule has 26 heavy (non-hydrogen) atoms. The van der Waals surface area contributed by atoms with Gasteiger partial charge >= 0.3 is 0 Å². The van der Waals surface area contributed by atoms with E-state index in [4.69, 9.17) is 0 Å². The van der Waals surface area contributed by atoms with E-state index in [0.29, 0.717) is 12.0 Å². The normalized spacial score (nSPS) is 28.6. The molecule has 1 saturated heterocycles. The monoisotopic (exact) mass is 365 g/mol. The summed E-state index contributed by atoms with van der Waals surface area (Å²) in [5, 5.41) is 5.95. The van der Waals surface area contributed by atoms with Crippen molar-refractivity contribution >= 4 is 11.8 Å². The minimum atomic E-state index is -0.386. The predicted molar refractivity (Wildman–Crippen MR) is 106 cm³/mol. The van der Waals surface area contributed by atoms with Crippen LogP contribution < -0.4 is 10.6 Å². The number of carbonyl (C=O) groups is 2. The van der Waals surface area contributed by atoms with E-state index in [0.717, 1.165) is 38.6 Å². The van der Waals surface area contributed by atoms with E-state index in [-0.39, 0.29) is 29.8 Å². The lowest BCUT2D eigenvalue weighted by atomic mass is 9.76. The van der Waals surface area contributed by atoms with Crippen molar-refractivity contribution in [3.63, 3.8) is 0 Å². The zero-order valence-corrected chi connectivity index (χ0v) is 17.2. The Labute approximate surface area is 159 Å². The van der Waals surface area contributed by atoms with Crippen LogP contribution in [0.2, 0.25) is 0 Å². The Morgan fingerprint density at radius 1 is 1.12 bits per heavy atom. The van der Waals surface area contributed by atoms with Crippen molar-refractivity contribution in [1.82, 2.24) is 15.5 Å². The summed E-state index contributed by atoms with van der Waals surface area (Å²) in [6, 6.07) is -0.123. The number of likely N-dealkylation sites (tertiary alicyclic amines) is 1. The van der Waals surface area contributed by atoms with Gasteiger partial charge in [-0.3, -0.25) is 14.5 Å². The summed E-state index contributed by atoms with van der Waals surface area (Å²) in [6.45, 7) is 7.50. The molecule has 0 aromatic rings. The molecule has 4 unspecified atom stereocenters. The molecule has 150 valence electrons. The maximum absolute atomic E-state index is 13.1. The summed E-state index contributed by atoms with van der Waals surface area (Å²) in [5.41, 5.74) is 0. The first kappa shape index (κ1) is 21.2. The van der Waals surface area contributed by atoms with Gasteiger partial charge in [0, 0.05) is 13.1 Å². The molecule has 1 aliphatic carbocycles. The number of piperidine rings is 1. The van der Waals surface area contributed by atoms with E-state index in [1.54, 1.807) is 7.05 Å². The second-order valence-electron chi connectivity index (χ2n) is 8.53. The molecule has 0 spiro atoms. The maximum Gasteiger partial charge on any atom is 0.242 e. The van der Waals surface area contributed by atoms with Crippen molar-refractivity contribution in [3.05, 3.63) is 0 Å². The molecule has 2 amide bonds. The number of likely N-dealkylation sites (N-methyl/N-ethyl adjacent to an activating group) is 1. The van der Waals surface area contributed by atoms with Crippen molar-refractivity contribution in [2.75, 3.05) is 13.6 Å². The molecule has 4 atom stereocenters. The van der Waals surface area contributed by atoms with E-state index in [9.17, 15) is 9.59 Å². The fourth-order valence-corrected chi connectivity index (χ4v) is 4.96. The second-order valence-corrected chi connectivity index (χ2v) is 8.53. The van der Waals surface area contributed by atoms with Crippen LogP contribution in [-0.2, 0) is 9.59 Å². The third kappa shape index (κ3) is 5.45. The maximum atomic E-state index is 13.1. The van der Waals surface area contributed by atoms with E-state index in [1.807, 2.05) is 0 Å². The Hall–Kier alpha value is -1.10. The van der Waals surface area contributed by atoms with Crippen LogP contribution in [0.1, 0.15) is 78.6 Å². The fourth-order valence-electron chi connectivity index (χ4n) is 4.96. The number of nitrogens with one attached hydrogen (secondary N) is 2. The second kappa shape index (κ2) is 10.3. The van der Waals surface area contributed by atoms with Crippen molar-refractivity contribution in [2.24, 2.45) is 11.8 Å². The lowest BCUT2D eigenvalue weighted by molar-refractivity contribution is -0.134. The summed E-state index contributed by atoms with van der Waals surface area (Å²) in [6.07, 6.45) is 10.1. The molecule has 5 heteroatoms. The summed E-state index contributed by atoms with van der Waals surface area (Å²) in [4.78, 5) is 27.9. The molecule has 2 N–H and O–H groups in total. The van der Waals surface area contributed by atoms with E-state index >= 15 is 0 Å². The summed E-state index contributed by atoms with van der Waals surface area (Å²) in [7, 11) is 1.68. The summed E-state index contributed by atoms with van der Waals surface area (Å²) < 4.78 is 0. The Bertz CT molecular complexity index is 464. The van der Waals surface area contributed by atoms with E-state index in [2.05, 4.69) is 36.3 Å². The molecule has 0 aromatic heterocycles. The highest BCUT2D eigenvalue weighted by molar-refractivity contribution is 5.90. The quantitative estimate of drug-likeness (QED) is 0.729. The molecule has 5 nitrogen and oxygen atoms in total. The van der Waals surface area contributed by atoms with Gasteiger partial charge in [-0.1, -0.05) is 39.0 Å². The van der Waals surface area contributed by atoms with Crippen LogP contribution >= 0.6 is 0 Å². The number of carbonyl (C=O) groups excluding carboxylic acids is 2. The fraction of sp³-hybridized carbons (Fsp3) is 0.905. The van der Waals surface area contributed by atoms with Gasteiger partial charge in [0.05, 0.1) is 6.04 Å². The molecule has 0 aromatic carbocycles.